The highest BCUT2D eigenvalue weighted by Crippen LogP contribution is 2.28. The van der Waals surface area contributed by atoms with Crippen molar-refractivity contribution < 1.29 is 14.5 Å². The van der Waals surface area contributed by atoms with Gasteiger partial charge >= 0.3 is 0 Å². The average Bonchev–Trinajstić information content (AvgIpc) is 2.67. The molecule has 5 nitrogen and oxygen atoms in total. The van der Waals surface area contributed by atoms with Crippen LogP contribution in [0.25, 0.3) is 0 Å². The summed E-state index contributed by atoms with van der Waals surface area (Å²) in [6.07, 6.45) is 1.50. The fourth-order valence-electron chi connectivity index (χ4n) is 1.89. The van der Waals surface area contributed by atoms with E-state index >= 15 is 0 Å². The predicted octanol–water partition coefficient (Wildman–Crippen LogP) is 2.40. The Bertz CT molecular complexity index is 470. The zero-order valence-electron chi connectivity index (χ0n) is 9.51. The van der Waals surface area contributed by atoms with E-state index in [-0.39, 0.29) is 17.6 Å². The standard InChI is InChI=1S/C12H13NO4/c1-8-2-3-9(13(15)16)6-12(8)17-11-5-4-10(14)7-11/h2-3,6,11H,4-5,7H2,1H3. The number of hydrogen-bond donors (Lipinski definition) is 0. The maximum atomic E-state index is 11.1. The van der Waals surface area contributed by atoms with Gasteiger partial charge in [0.1, 0.15) is 17.6 Å². The summed E-state index contributed by atoms with van der Waals surface area (Å²) in [6, 6.07) is 4.52. The molecule has 1 fully saturated rings. The van der Waals surface area contributed by atoms with Crippen molar-refractivity contribution in [2.45, 2.75) is 32.3 Å². The van der Waals surface area contributed by atoms with Gasteiger partial charge in [-0.05, 0) is 25.0 Å². The minimum atomic E-state index is -0.452. The van der Waals surface area contributed by atoms with Gasteiger partial charge in [0.25, 0.3) is 5.69 Å². The van der Waals surface area contributed by atoms with Crippen LogP contribution in [0.5, 0.6) is 5.75 Å². The lowest BCUT2D eigenvalue weighted by atomic mass is 10.2. The van der Waals surface area contributed by atoms with Gasteiger partial charge in [0.2, 0.25) is 0 Å². The Balaban J connectivity index is 2.17. The number of ether oxygens (including phenoxy) is 1. The first-order valence-corrected chi connectivity index (χ1v) is 5.49. The number of carbonyl (C=O) groups excluding carboxylic acids is 1. The second-order valence-corrected chi connectivity index (χ2v) is 4.23. The summed E-state index contributed by atoms with van der Waals surface area (Å²) < 4.78 is 5.64. The first-order chi connectivity index (χ1) is 8.06. The van der Waals surface area contributed by atoms with E-state index in [2.05, 4.69) is 0 Å². The minimum absolute atomic E-state index is 0.00919. The van der Waals surface area contributed by atoms with Gasteiger partial charge in [0, 0.05) is 18.9 Å². The second kappa shape index (κ2) is 4.53. The summed E-state index contributed by atoms with van der Waals surface area (Å²) in [4.78, 5) is 21.3. The molecule has 1 aliphatic rings. The molecule has 0 bridgehead atoms. The number of carbonyl (C=O) groups is 1. The molecule has 0 amide bonds. The maximum absolute atomic E-state index is 11.1. The molecule has 1 aliphatic carbocycles. The molecule has 1 unspecified atom stereocenters. The van der Waals surface area contributed by atoms with Gasteiger partial charge in [-0.15, -0.1) is 0 Å². The van der Waals surface area contributed by atoms with Crippen LogP contribution in [-0.4, -0.2) is 16.8 Å². The molecule has 90 valence electrons. The number of aryl methyl sites for hydroxylation is 1. The van der Waals surface area contributed by atoms with Crippen LogP contribution in [0.3, 0.4) is 0 Å². The Morgan fingerprint density at radius 2 is 2.24 bits per heavy atom. The smallest absolute Gasteiger partial charge is 0.273 e. The van der Waals surface area contributed by atoms with Gasteiger partial charge in [-0.2, -0.15) is 0 Å². The number of non-ortho nitro benzene ring substituents is 1. The van der Waals surface area contributed by atoms with E-state index in [4.69, 9.17) is 4.74 Å². The van der Waals surface area contributed by atoms with E-state index in [1.165, 1.54) is 12.1 Å². The molecule has 0 aromatic heterocycles. The molecule has 17 heavy (non-hydrogen) atoms. The summed E-state index contributed by atoms with van der Waals surface area (Å²) in [7, 11) is 0. The fraction of sp³-hybridized carbons (Fsp3) is 0.417. The third kappa shape index (κ3) is 2.61. The lowest BCUT2D eigenvalue weighted by molar-refractivity contribution is -0.385. The quantitative estimate of drug-likeness (QED) is 0.595. The molecule has 2 rings (SSSR count). The van der Waals surface area contributed by atoms with Gasteiger partial charge in [0.05, 0.1) is 11.0 Å². The normalized spacial score (nSPS) is 19.4. The summed E-state index contributed by atoms with van der Waals surface area (Å²) in [6.45, 7) is 1.83. The second-order valence-electron chi connectivity index (χ2n) is 4.23. The highest BCUT2D eigenvalue weighted by molar-refractivity contribution is 5.81. The van der Waals surface area contributed by atoms with Crippen molar-refractivity contribution in [3.8, 4) is 5.75 Å². The molecular weight excluding hydrogens is 222 g/mol. The third-order valence-corrected chi connectivity index (χ3v) is 2.88. The number of Topliss-reactive ketones (excluding diaryl/α,β-unsaturated/α-hetero) is 1. The number of nitro benzene ring substituents is 1. The lowest BCUT2D eigenvalue weighted by Crippen LogP contribution is -2.12. The predicted molar refractivity (Wildman–Crippen MR) is 61.1 cm³/mol. The summed E-state index contributed by atoms with van der Waals surface area (Å²) >= 11 is 0. The molecule has 0 heterocycles. The monoisotopic (exact) mass is 235 g/mol. The van der Waals surface area contributed by atoms with Crippen LogP contribution in [0.15, 0.2) is 18.2 Å². The number of benzene rings is 1. The molecule has 0 radical (unpaired) electrons. The molecular formula is C12H13NO4. The summed E-state index contributed by atoms with van der Waals surface area (Å²) in [5.74, 6) is 0.692. The first kappa shape index (κ1) is 11.6. The van der Waals surface area contributed by atoms with Crippen molar-refractivity contribution in [3.63, 3.8) is 0 Å². The molecule has 0 spiro atoms. The zero-order valence-corrected chi connectivity index (χ0v) is 9.51. The molecule has 0 N–H and O–H groups in total. The van der Waals surface area contributed by atoms with Crippen LogP contribution in [0.4, 0.5) is 5.69 Å². The van der Waals surface area contributed by atoms with Gasteiger partial charge in [-0.1, -0.05) is 0 Å². The Labute approximate surface area is 98.5 Å². The highest BCUT2D eigenvalue weighted by atomic mass is 16.6. The number of nitro groups is 1. The Hall–Kier alpha value is -1.91. The van der Waals surface area contributed by atoms with Gasteiger partial charge in [-0.25, -0.2) is 0 Å². The molecule has 1 aromatic carbocycles. The topological polar surface area (TPSA) is 69.4 Å². The number of rotatable bonds is 3. The number of nitrogens with zero attached hydrogens (tertiary/aromatic N) is 1. The van der Waals surface area contributed by atoms with E-state index in [1.807, 2.05) is 6.92 Å². The van der Waals surface area contributed by atoms with Crippen LogP contribution in [0.2, 0.25) is 0 Å². The minimum Gasteiger partial charge on any atom is -0.489 e. The molecule has 1 saturated carbocycles. The number of hydrogen-bond acceptors (Lipinski definition) is 4. The Morgan fingerprint density at radius 3 is 2.82 bits per heavy atom. The van der Waals surface area contributed by atoms with E-state index < -0.39 is 4.92 Å². The largest absolute Gasteiger partial charge is 0.489 e. The Morgan fingerprint density at radius 1 is 1.47 bits per heavy atom. The van der Waals surface area contributed by atoms with Crippen molar-refractivity contribution in [2.75, 3.05) is 0 Å². The number of ketones is 1. The Kier molecular flexibility index (Phi) is 3.08. The molecule has 1 atom stereocenters. The third-order valence-electron chi connectivity index (χ3n) is 2.88. The fourth-order valence-corrected chi connectivity index (χ4v) is 1.89. The molecule has 0 saturated heterocycles. The van der Waals surface area contributed by atoms with E-state index in [0.717, 1.165) is 5.56 Å². The van der Waals surface area contributed by atoms with Crippen LogP contribution in [-0.2, 0) is 4.79 Å². The average molecular weight is 235 g/mol. The molecule has 1 aromatic rings. The van der Waals surface area contributed by atoms with Crippen LogP contribution in [0.1, 0.15) is 24.8 Å². The molecule has 5 heteroatoms. The van der Waals surface area contributed by atoms with Gasteiger partial charge in [-0.3, -0.25) is 14.9 Å². The summed E-state index contributed by atoms with van der Waals surface area (Å²) in [5, 5.41) is 10.6. The van der Waals surface area contributed by atoms with Crippen LogP contribution in [0, 0.1) is 17.0 Å². The van der Waals surface area contributed by atoms with Crippen molar-refractivity contribution in [3.05, 3.63) is 33.9 Å². The highest BCUT2D eigenvalue weighted by Gasteiger charge is 2.24. The van der Waals surface area contributed by atoms with E-state index in [0.29, 0.717) is 25.0 Å². The summed E-state index contributed by atoms with van der Waals surface area (Å²) in [5.41, 5.74) is 0.852. The lowest BCUT2D eigenvalue weighted by Gasteiger charge is -2.14. The SMILES string of the molecule is Cc1ccc([N+](=O)[O-])cc1OC1CCC(=O)C1. The first-order valence-electron chi connectivity index (χ1n) is 5.49. The van der Waals surface area contributed by atoms with Crippen molar-refractivity contribution in [1.82, 2.24) is 0 Å². The van der Waals surface area contributed by atoms with Crippen LogP contribution >= 0.6 is 0 Å². The zero-order chi connectivity index (χ0) is 12.4. The van der Waals surface area contributed by atoms with Gasteiger partial charge < -0.3 is 4.74 Å². The van der Waals surface area contributed by atoms with Crippen LogP contribution < -0.4 is 4.74 Å². The van der Waals surface area contributed by atoms with Crippen molar-refractivity contribution >= 4 is 11.5 Å². The van der Waals surface area contributed by atoms with E-state index in [1.54, 1.807) is 6.07 Å². The molecule has 0 aliphatic heterocycles. The van der Waals surface area contributed by atoms with E-state index in [9.17, 15) is 14.9 Å². The van der Waals surface area contributed by atoms with Gasteiger partial charge in [0.15, 0.2) is 0 Å². The maximum Gasteiger partial charge on any atom is 0.273 e. The van der Waals surface area contributed by atoms with Crippen molar-refractivity contribution in [1.29, 1.82) is 0 Å². The van der Waals surface area contributed by atoms with Crippen molar-refractivity contribution in [2.24, 2.45) is 0 Å².